The molecule has 1 aliphatic rings. The van der Waals surface area contributed by atoms with Gasteiger partial charge >= 0.3 is 0 Å². The van der Waals surface area contributed by atoms with Crippen LogP contribution in [-0.4, -0.2) is 14.3 Å². The second-order valence-corrected chi connectivity index (χ2v) is 7.91. The molecule has 0 unspecified atom stereocenters. The summed E-state index contributed by atoms with van der Waals surface area (Å²) in [5.74, 6) is 0.151. The molecule has 1 N–H and O–H groups in total. The summed E-state index contributed by atoms with van der Waals surface area (Å²) in [5, 5.41) is 0. The molecule has 6 heteroatoms. The second kappa shape index (κ2) is 6.37. The molecule has 5 nitrogen and oxygen atoms in total. The zero-order valence-corrected chi connectivity index (χ0v) is 14.6. The first-order chi connectivity index (χ1) is 11.9. The van der Waals surface area contributed by atoms with E-state index >= 15 is 0 Å². The first-order valence-corrected chi connectivity index (χ1v) is 9.37. The molecule has 3 rings (SSSR count). The maximum absolute atomic E-state index is 12.7. The number of hydrogen-bond donors (Lipinski definition) is 1. The summed E-state index contributed by atoms with van der Waals surface area (Å²) < 4.78 is 33.2. The van der Waals surface area contributed by atoms with Crippen LogP contribution in [0.2, 0.25) is 0 Å². The molecule has 2 aromatic rings. The van der Waals surface area contributed by atoms with Crippen LogP contribution in [0.15, 0.2) is 72.1 Å². The molecule has 1 amide bonds. The number of ether oxygens (including phenoxy) is 1. The molecule has 130 valence electrons. The summed E-state index contributed by atoms with van der Waals surface area (Å²) in [6.45, 7) is 5.40. The predicted molar refractivity (Wildman–Crippen MR) is 94.7 cm³/mol. The Kier molecular flexibility index (Phi) is 4.39. The van der Waals surface area contributed by atoms with Crippen molar-refractivity contribution in [3.05, 3.63) is 67.3 Å². The van der Waals surface area contributed by atoms with E-state index in [0.717, 1.165) is 0 Å². The van der Waals surface area contributed by atoms with E-state index in [1.807, 2.05) is 6.07 Å². The van der Waals surface area contributed by atoms with Crippen molar-refractivity contribution in [1.29, 1.82) is 0 Å². The quantitative estimate of drug-likeness (QED) is 0.803. The van der Waals surface area contributed by atoms with E-state index in [1.54, 1.807) is 55.5 Å². The van der Waals surface area contributed by atoms with Crippen LogP contribution in [0.4, 0.5) is 0 Å². The monoisotopic (exact) mass is 357 g/mol. The number of allylic oxidation sites excluding steroid dienone is 1. The molecule has 2 atom stereocenters. The number of benzene rings is 2. The number of sulfonamides is 1. The SMILES string of the molecule is C=C[C@@H]1C[C@]1(C)C(=O)NS(=O)(=O)c1ccccc1Oc1ccccc1. The van der Waals surface area contributed by atoms with E-state index in [4.69, 9.17) is 4.74 Å². The first kappa shape index (κ1) is 17.2. The average Bonchev–Trinajstić information content (AvgIpc) is 3.28. The fourth-order valence-corrected chi connectivity index (χ4v) is 3.89. The summed E-state index contributed by atoms with van der Waals surface area (Å²) >= 11 is 0. The highest BCUT2D eigenvalue weighted by molar-refractivity contribution is 7.90. The molecule has 0 aliphatic heterocycles. The van der Waals surface area contributed by atoms with Crippen LogP contribution in [0.25, 0.3) is 0 Å². The average molecular weight is 357 g/mol. The number of hydrogen-bond acceptors (Lipinski definition) is 4. The number of carbonyl (C=O) groups is 1. The van der Waals surface area contributed by atoms with Crippen molar-refractivity contribution in [2.24, 2.45) is 11.3 Å². The Morgan fingerprint density at radius 3 is 2.48 bits per heavy atom. The van der Waals surface area contributed by atoms with Crippen molar-refractivity contribution in [3.63, 3.8) is 0 Å². The van der Waals surface area contributed by atoms with Crippen LogP contribution in [-0.2, 0) is 14.8 Å². The summed E-state index contributed by atoms with van der Waals surface area (Å²) in [7, 11) is -4.04. The van der Waals surface area contributed by atoms with Crippen molar-refractivity contribution in [3.8, 4) is 11.5 Å². The number of para-hydroxylation sites is 2. The first-order valence-electron chi connectivity index (χ1n) is 7.88. The van der Waals surface area contributed by atoms with E-state index in [1.165, 1.54) is 6.07 Å². The van der Waals surface area contributed by atoms with E-state index in [-0.39, 0.29) is 16.6 Å². The van der Waals surface area contributed by atoms with Gasteiger partial charge in [-0.2, -0.15) is 0 Å². The number of carbonyl (C=O) groups excluding carboxylic acids is 1. The number of nitrogens with one attached hydrogen (secondary N) is 1. The number of amides is 1. The molecule has 0 heterocycles. The Morgan fingerprint density at radius 2 is 1.84 bits per heavy atom. The molecule has 25 heavy (non-hydrogen) atoms. The second-order valence-electron chi connectivity index (χ2n) is 6.26. The number of rotatable bonds is 6. The molecule has 1 saturated carbocycles. The Balaban J connectivity index is 1.85. The fourth-order valence-electron chi connectivity index (χ4n) is 2.67. The summed E-state index contributed by atoms with van der Waals surface area (Å²) in [6.07, 6.45) is 2.28. The molecule has 0 bridgehead atoms. The van der Waals surface area contributed by atoms with Gasteiger partial charge in [-0.05, 0) is 36.6 Å². The molecule has 1 fully saturated rings. The van der Waals surface area contributed by atoms with Crippen LogP contribution >= 0.6 is 0 Å². The van der Waals surface area contributed by atoms with Crippen molar-refractivity contribution >= 4 is 15.9 Å². The lowest BCUT2D eigenvalue weighted by atomic mass is 10.1. The van der Waals surface area contributed by atoms with Gasteiger partial charge in [0.25, 0.3) is 10.0 Å². The Bertz CT molecular complexity index is 908. The van der Waals surface area contributed by atoms with Crippen molar-refractivity contribution in [1.82, 2.24) is 4.72 Å². The molecule has 0 aromatic heterocycles. The summed E-state index contributed by atoms with van der Waals surface area (Å²) in [5.41, 5.74) is -0.718. The fraction of sp³-hybridized carbons (Fsp3) is 0.211. The van der Waals surface area contributed by atoms with Crippen molar-refractivity contribution in [2.75, 3.05) is 0 Å². The van der Waals surface area contributed by atoms with Gasteiger partial charge in [-0.1, -0.05) is 43.3 Å². The van der Waals surface area contributed by atoms with Gasteiger partial charge in [-0.3, -0.25) is 4.79 Å². The normalized spacial score (nSPS) is 22.0. The van der Waals surface area contributed by atoms with Crippen molar-refractivity contribution < 1.29 is 17.9 Å². The van der Waals surface area contributed by atoms with Gasteiger partial charge in [0.2, 0.25) is 5.91 Å². The molecule has 1 aliphatic carbocycles. The maximum Gasteiger partial charge on any atom is 0.267 e. The largest absolute Gasteiger partial charge is 0.456 e. The van der Waals surface area contributed by atoms with Gasteiger partial charge in [0.1, 0.15) is 16.4 Å². The minimum Gasteiger partial charge on any atom is -0.456 e. The van der Waals surface area contributed by atoms with Crippen LogP contribution in [0, 0.1) is 11.3 Å². The van der Waals surface area contributed by atoms with Gasteiger partial charge in [0, 0.05) is 0 Å². The molecule has 0 saturated heterocycles. The lowest BCUT2D eigenvalue weighted by Gasteiger charge is -2.14. The maximum atomic E-state index is 12.7. The summed E-state index contributed by atoms with van der Waals surface area (Å²) in [6, 6.07) is 15.1. The molecule has 2 aromatic carbocycles. The van der Waals surface area contributed by atoms with Crippen LogP contribution in [0.5, 0.6) is 11.5 Å². The van der Waals surface area contributed by atoms with Gasteiger partial charge < -0.3 is 4.74 Å². The van der Waals surface area contributed by atoms with E-state index in [0.29, 0.717) is 12.2 Å². The highest BCUT2D eigenvalue weighted by atomic mass is 32.2. The molecular formula is C19H19NO4S. The minimum absolute atomic E-state index is 0.00138. The molecule has 0 spiro atoms. The van der Waals surface area contributed by atoms with Crippen LogP contribution < -0.4 is 9.46 Å². The summed E-state index contributed by atoms with van der Waals surface area (Å²) in [4.78, 5) is 12.3. The Hall–Kier alpha value is -2.60. The highest BCUT2D eigenvalue weighted by Gasteiger charge is 2.55. The Morgan fingerprint density at radius 1 is 1.20 bits per heavy atom. The standard InChI is InChI=1S/C19H19NO4S/c1-3-14-13-19(14,2)18(21)20-25(22,23)17-12-8-7-11-16(17)24-15-9-5-4-6-10-15/h3-12,14H,1,13H2,2H3,(H,20,21)/t14-,19+/m1/s1. The zero-order chi connectivity index (χ0) is 18.1. The predicted octanol–water partition coefficient (Wildman–Crippen LogP) is 3.50. The lowest BCUT2D eigenvalue weighted by molar-refractivity contribution is -0.124. The van der Waals surface area contributed by atoms with Crippen molar-refractivity contribution in [2.45, 2.75) is 18.2 Å². The zero-order valence-electron chi connectivity index (χ0n) is 13.8. The Labute approximate surface area is 147 Å². The van der Waals surface area contributed by atoms with Gasteiger partial charge in [0.15, 0.2) is 0 Å². The van der Waals surface area contributed by atoms with E-state index in [9.17, 15) is 13.2 Å². The van der Waals surface area contributed by atoms with E-state index in [2.05, 4.69) is 11.3 Å². The minimum atomic E-state index is -4.04. The van der Waals surface area contributed by atoms with Gasteiger partial charge in [-0.15, -0.1) is 6.58 Å². The van der Waals surface area contributed by atoms with Crippen LogP contribution in [0.3, 0.4) is 0 Å². The van der Waals surface area contributed by atoms with Gasteiger partial charge in [-0.25, -0.2) is 13.1 Å². The van der Waals surface area contributed by atoms with Crippen LogP contribution in [0.1, 0.15) is 13.3 Å². The molecule has 0 radical (unpaired) electrons. The highest BCUT2D eigenvalue weighted by Crippen LogP contribution is 2.53. The molecular weight excluding hydrogens is 338 g/mol. The third kappa shape index (κ3) is 3.44. The lowest BCUT2D eigenvalue weighted by Crippen LogP contribution is -2.36. The van der Waals surface area contributed by atoms with E-state index < -0.39 is 21.3 Å². The van der Waals surface area contributed by atoms with Gasteiger partial charge in [0.05, 0.1) is 5.41 Å². The topological polar surface area (TPSA) is 72.5 Å². The third-order valence-corrected chi connectivity index (χ3v) is 5.81. The third-order valence-electron chi connectivity index (χ3n) is 4.44. The smallest absolute Gasteiger partial charge is 0.267 e.